The third-order valence-electron chi connectivity index (χ3n) is 5.52. The van der Waals surface area contributed by atoms with Gasteiger partial charge in [0.1, 0.15) is 0 Å². The molecule has 4 rings (SSSR count). The van der Waals surface area contributed by atoms with Gasteiger partial charge in [0.15, 0.2) is 0 Å². The van der Waals surface area contributed by atoms with E-state index in [4.69, 9.17) is 4.74 Å². The van der Waals surface area contributed by atoms with E-state index in [1.807, 2.05) is 30.2 Å². The molecule has 1 unspecified atom stereocenters. The van der Waals surface area contributed by atoms with Gasteiger partial charge in [-0.15, -0.1) is 0 Å². The first kappa shape index (κ1) is 18.5. The molecule has 0 bridgehead atoms. The number of benzene rings is 1. The molecule has 1 aliphatic heterocycles. The molecule has 0 N–H and O–H groups in total. The van der Waals surface area contributed by atoms with Gasteiger partial charge in [0.25, 0.3) is 0 Å². The molecule has 5 heteroatoms. The maximum absolute atomic E-state index is 12.5. The van der Waals surface area contributed by atoms with Crippen molar-refractivity contribution in [3.05, 3.63) is 66.1 Å². The van der Waals surface area contributed by atoms with Crippen LogP contribution < -0.4 is 0 Å². The maximum Gasteiger partial charge on any atom is 0.410 e. The predicted octanol–water partition coefficient (Wildman–Crippen LogP) is 4.96. The summed E-state index contributed by atoms with van der Waals surface area (Å²) in [5, 5.41) is 1.23. The van der Waals surface area contributed by atoms with Crippen LogP contribution in [0.3, 0.4) is 0 Å². The topological polar surface area (TPSA) is 47.4 Å². The van der Waals surface area contributed by atoms with Gasteiger partial charge in [0.05, 0.1) is 12.6 Å². The number of carbonyl (C=O) groups is 1. The second-order valence-corrected chi connectivity index (χ2v) is 7.27. The van der Waals surface area contributed by atoms with Gasteiger partial charge in [-0.25, -0.2) is 4.79 Å². The minimum Gasteiger partial charge on any atom is -0.450 e. The van der Waals surface area contributed by atoms with E-state index in [0.717, 1.165) is 44.5 Å². The summed E-state index contributed by atoms with van der Waals surface area (Å²) in [4.78, 5) is 18.9. The molecular weight excluding hydrogens is 350 g/mol. The summed E-state index contributed by atoms with van der Waals surface area (Å²) in [5.74, 6) is 0. The number of nitrogens with zero attached hydrogens (tertiary/aromatic N) is 3. The molecule has 1 saturated heterocycles. The second kappa shape index (κ2) is 8.46. The molecule has 1 aliphatic rings. The molecule has 1 amide bonds. The number of hydrogen-bond acceptors (Lipinski definition) is 3. The SMILES string of the molecule is CCOC(=O)N1CCCCC1c1cn(CCc2ccccn2)c2ccccc12. The van der Waals surface area contributed by atoms with Crippen LogP contribution in [0.2, 0.25) is 0 Å². The van der Waals surface area contributed by atoms with Gasteiger partial charge in [-0.1, -0.05) is 24.3 Å². The highest BCUT2D eigenvalue weighted by Crippen LogP contribution is 2.36. The number of amides is 1. The largest absolute Gasteiger partial charge is 0.450 e. The predicted molar refractivity (Wildman–Crippen MR) is 110 cm³/mol. The average molecular weight is 377 g/mol. The van der Waals surface area contributed by atoms with Crippen molar-refractivity contribution < 1.29 is 9.53 Å². The number of aryl methyl sites for hydroxylation is 2. The number of likely N-dealkylation sites (tertiary alicyclic amines) is 1. The summed E-state index contributed by atoms with van der Waals surface area (Å²) in [6, 6.07) is 14.6. The zero-order valence-corrected chi connectivity index (χ0v) is 16.4. The van der Waals surface area contributed by atoms with Crippen molar-refractivity contribution in [3.63, 3.8) is 0 Å². The van der Waals surface area contributed by atoms with Gasteiger partial charge in [-0.2, -0.15) is 0 Å². The quantitative estimate of drug-likeness (QED) is 0.631. The molecule has 0 aliphatic carbocycles. The molecule has 2 aromatic heterocycles. The number of piperidine rings is 1. The van der Waals surface area contributed by atoms with Crippen molar-refractivity contribution in [2.45, 2.75) is 45.2 Å². The van der Waals surface area contributed by atoms with Gasteiger partial charge in [0.2, 0.25) is 0 Å². The first-order valence-electron chi connectivity index (χ1n) is 10.2. The monoisotopic (exact) mass is 377 g/mol. The number of hydrogen-bond donors (Lipinski definition) is 0. The first-order valence-corrected chi connectivity index (χ1v) is 10.2. The second-order valence-electron chi connectivity index (χ2n) is 7.27. The van der Waals surface area contributed by atoms with Crippen LogP contribution >= 0.6 is 0 Å². The highest BCUT2D eigenvalue weighted by Gasteiger charge is 2.31. The molecule has 146 valence electrons. The van der Waals surface area contributed by atoms with Gasteiger partial charge >= 0.3 is 6.09 Å². The Morgan fingerprint density at radius 2 is 2.04 bits per heavy atom. The Bertz CT molecular complexity index is 935. The van der Waals surface area contributed by atoms with Crippen LogP contribution in [0.25, 0.3) is 10.9 Å². The number of fused-ring (bicyclic) bond motifs is 1. The maximum atomic E-state index is 12.5. The van der Waals surface area contributed by atoms with Crippen LogP contribution in [0.15, 0.2) is 54.9 Å². The summed E-state index contributed by atoms with van der Waals surface area (Å²) in [5.41, 5.74) is 3.53. The van der Waals surface area contributed by atoms with Crippen molar-refractivity contribution in [1.29, 1.82) is 0 Å². The smallest absolute Gasteiger partial charge is 0.410 e. The highest BCUT2D eigenvalue weighted by molar-refractivity contribution is 5.85. The van der Waals surface area contributed by atoms with Crippen molar-refractivity contribution >= 4 is 17.0 Å². The number of carbonyl (C=O) groups excluding carboxylic acids is 1. The number of aromatic nitrogens is 2. The Hall–Kier alpha value is -2.82. The normalized spacial score (nSPS) is 17.0. The van der Waals surface area contributed by atoms with Crippen molar-refractivity contribution in [2.24, 2.45) is 0 Å². The van der Waals surface area contributed by atoms with E-state index in [-0.39, 0.29) is 12.1 Å². The lowest BCUT2D eigenvalue weighted by Gasteiger charge is -2.34. The highest BCUT2D eigenvalue weighted by atomic mass is 16.6. The van der Waals surface area contributed by atoms with E-state index in [2.05, 4.69) is 46.1 Å². The summed E-state index contributed by atoms with van der Waals surface area (Å²) >= 11 is 0. The minimum absolute atomic E-state index is 0.0776. The lowest BCUT2D eigenvalue weighted by molar-refractivity contribution is 0.0769. The fraction of sp³-hybridized carbons (Fsp3) is 0.391. The zero-order valence-electron chi connectivity index (χ0n) is 16.4. The van der Waals surface area contributed by atoms with Crippen molar-refractivity contribution in [3.8, 4) is 0 Å². The molecule has 1 fully saturated rings. The third kappa shape index (κ3) is 3.75. The van der Waals surface area contributed by atoms with Gasteiger partial charge in [0, 0.05) is 54.1 Å². The molecule has 28 heavy (non-hydrogen) atoms. The third-order valence-corrected chi connectivity index (χ3v) is 5.52. The Morgan fingerprint density at radius 3 is 2.86 bits per heavy atom. The molecule has 3 aromatic rings. The number of rotatable bonds is 5. The molecular formula is C23H27N3O2. The Labute approximate surface area is 165 Å². The summed E-state index contributed by atoms with van der Waals surface area (Å²) in [6.45, 7) is 3.90. The number of pyridine rings is 1. The molecule has 1 atom stereocenters. The Balaban J connectivity index is 1.66. The van der Waals surface area contributed by atoms with Crippen LogP contribution in [0, 0.1) is 0 Å². The fourth-order valence-corrected chi connectivity index (χ4v) is 4.19. The van der Waals surface area contributed by atoms with Gasteiger partial charge < -0.3 is 14.2 Å². The lowest BCUT2D eigenvalue weighted by atomic mass is 9.95. The molecule has 1 aromatic carbocycles. The van der Waals surface area contributed by atoms with Crippen molar-refractivity contribution in [2.75, 3.05) is 13.2 Å². The summed E-state index contributed by atoms with van der Waals surface area (Å²) in [7, 11) is 0. The average Bonchev–Trinajstić information content (AvgIpc) is 3.12. The summed E-state index contributed by atoms with van der Waals surface area (Å²) < 4.78 is 7.63. The Morgan fingerprint density at radius 1 is 1.18 bits per heavy atom. The number of ether oxygens (including phenoxy) is 1. The molecule has 0 saturated carbocycles. The molecule has 3 heterocycles. The summed E-state index contributed by atoms with van der Waals surface area (Å²) in [6.07, 6.45) is 7.90. The van der Waals surface area contributed by atoms with Crippen LogP contribution in [0.4, 0.5) is 4.79 Å². The Kier molecular flexibility index (Phi) is 5.60. The van der Waals surface area contributed by atoms with Gasteiger partial charge in [-0.05, 0) is 44.4 Å². The standard InChI is InChI=1S/C23H27N3O2/c1-2-28-23(27)26-15-8-6-12-22(26)20-17-25(21-11-4-3-10-19(20)21)16-13-18-9-5-7-14-24-18/h3-5,7,9-11,14,17,22H,2,6,8,12-13,15-16H2,1H3. The van der Waals surface area contributed by atoms with Crippen LogP contribution in [-0.2, 0) is 17.7 Å². The lowest BCUT2D eigenvalue weighted by Crippen LogP contribution is -2.38. The molecule has 5 nitrogen and oxygen atoms in total. The van der Waals surface area contributed by atoms with Crippen LogP contribution in [0.5, 0.6) is 0 Å². The number of para-hydroxylation sites is 1. The molecule has 0 radical (unpaired) electrons. The van der Waals surface area contributed by atoms with Gasteiger partial charge in [-0.3, -0.25) is 4.98 Å². The first-order chi connectivity index (χ1) is 13.8. The van der Waals surface area contributed by atoms with E-state index in [1.165, 1.54) is 16.5 Å². The van der Waals surface area contributed by atoms with E-state index in [0.29, 0.717) is 6.61 Å². The van der Waals surface area contributed by atoms with E-state index < -0.39 is 0 Å². The van der Waals surface area contributed by atoms with Crippen LogP contribution in [0.1, 0.15) is 43.5 Å². The van der Waals surface area contributed by atoms with E-state index in [1.54, 1.807) is 0 Å². The van der Waals surface area contributed by atoms with E-state index >= 15 is 0 Å². The zero-order chi connectivity index (χ0) is 19.3. The van der Waals surface area contributed by atoms with Crippen molar-refractivity contribution in [1.82, 2.24) is 14.5 Å². The molecule has 0 spiro atoms. The van der Waals surface area contributed by atoms with Crippen LogP contribution in [-0.4, -0.2) is 33.7 Å². The minimum atomic E-state index is -0.197. The fourth-order valence-electron chi connectivity index (χ4n) is 4.19. The van der Waals surface area contributed by atoms with E-state index in [9.17, 15) is 4.79 Å².